The van der Waals surface area contributed by atoms with Gasteiger partial charge in [0, 0.05) is 0 Å². The number of hydrogen-bond donors (Lipinski definition) is 0. The maximum absolute atomic E-state index is 11.9. The van der Waals surface area contributed by atoms with Gasteiger partial charge >= 0.3 is 58.4 Å². The first-order valence-electron chi connectivity index (χ1n) is 2.45. The molecule has 0 aliphatic carbocycles. The molecule has 0 spiro atoms. The number of halogens is 4. The van der Waals surface area contributed by atoms with Crippen molar-refractivity contribution < 1.29 is 64.3 Å². The normalized spacial score (nSPS) is 10.9. The van der Waals surface area contributed by atoms with Gasteiger partial charge in [-0.1, -0.05) is 10.8 Å². The summed E-state index contributed by atoms with van der Waals surface area (Å²) in [5, 5.41) is 0. The zero-order valence-electron chi connectivity index (χ0n) is 5.65. The fourth-order valence-corrected chi connectivity index (χ4v) is 1.83. The summed E-state index contributed by atoms with van der Waals surface area (Å²) in [5.41, 5.74) is 0. The van der Waals surface area contributed by atoms with Gasteiger partial charge in [-0.05, 0) is 22.0 Å². The van der Waals surface area contributed by atoms with Crippen molar-refractivity contribution in [2.45, 2.75) is 0 Å². The number of thiophene rings is 1. The third-order valence-corrected chi connectivity index (χ3v) is 2.64. The Morgan fingerprint density at radius 2 is 1.82 bits per heavy atom. The summed E-state index contributed by atoms with van der Waals surface area (Å²) >= 11 is 3.67. The first kappa shape index (κ1) is 12.7. The summed E-state index contributed by atoms with van der Waals surface area (Å²) in [7, 11) is 0. The van der Waals surface area contributed by atoms with E-state index in [0.29, 0.717) is 15.1 Å². The van der Waals surface area contributed by atoms with Crippen LogP contribution in [0.2, 0.25) is 0 Å². The van der Waals surface area contributed by atoms with Crippen molar-refractivity contribution >= 4 is 39.0 Å². The smallest absolute Gasteiger partial charge is 0.444 e. The molecule has 7 heteroatoms. The quantitative estimate of drug-likeness (QED) is 0.607. The van der Waals surface area contributed by atoms with Gasteiger partial charge in [-0.2, -0.15) is 11.3 Å². The first-order chi connectivity index (χ1) is 4.50. The minimum Gasteiger partial charge on any atom is -0.444 e. The van der Waals surface area contributed by atoms with E-state index in [1.807, 2.05) is 0 Å². The second-order valence-corrected chi connectivity index (χ2v) is 4.21. The third kappa shape index (κ3) is 3.93. The molecule has 0 saturated heterocycles. The topological polar surface area (TPSA) is 0 Å². The Morgan fingerprint density at radius 3 is 2.00 bits per heavy atom. The van der Waals surface area contributed by atoms with Gasteiger partial charge in [-0.25, -0.2) is 0 Å². The second-order valence-electron chi connectivity index (χ2n) is 1.72. The molecular weight excluding hydrogens is 267 g/mol. The molecule has 0 aliphatic heterocycles. The van der Waals surface area contributed by atoms with Gasteiger partial charge in [0.05, 0.1) is 3.79 Å². The molecule has 1 aromatic rings. The number of rotatable bonds is 1. The first-order valence-corrected chi connectivity index (χ1v) is 4.06. The molecule has 0 nitrogen and oxygen atoms in total. The maximum Gasteiger partial charge on any atom is 1.00 e. The van der Waals surface area contributed by atoms with E-state index in [1.165, 1.54) is 6.07 Å². The van der Waals surface area contributed by atoms with Crippen LogP contribution in [0.5, 0.6) is 0 Å². The fourth-order valence-electron chi connectivity index (χ4n) is 0.504. The molecule has 0 amide bonds. The molecule has 0 aliphatic rings. The van der Waals surface area contributed by atoms with Crippen molar-refractivity contribution in [3.8, 4) is 0 Å². The fraction of sp³-hybridized carbons (Fsp3) is 0. The molecule has 0 radical (unpaired) electrons. The van der Waals surface area contributed by atoms with E-state index in [1.54, 1.807) is 0 Å². The van der Waals surface area contributed by atoms with Gasteiger partial charge in [-0.15, -0.1) is 0 Å². The van der Waals surface area contributed by atoms with E-state index in [4.69, 9.17) is 0 Å². The van der Waals surface area contributed by atoms with Crippen LogP contribution in [0.15, 0.2) is 15.9 Å². The van der Waals surface area contributed by atoms with Crippen LogP contribution in [0.1, 0.15) is 0 Å². The van der Waals surface area contributed by atoms with Crippen LogP contribution in [0.3, 0.4) is 0 Å². The van der Waals surface area contributed by atoms with Crippen molar-refractivity contribution in [1.82, 2.24) is 0 Å². The summed E-state index contributed by atoms with van der Waals surface area (Å²) in [6.07, 6.45) is 0. The van der Waals surface area contributed by atoms with Crippen molar-refractivity contribution in [1.29, 1.82) is 0 Å². The molecule has 11 heavy (non-hydrogen) atoms. The molecule has 1 rings (SSSR count). The zero-order chi connectivity index (χ0) is 7.78. The van der Waals surface area contributed by atoms with E-state index in [9.17, 15) is 12.9 Å². The summed E-state index contributed by atoms with van der Waals surface area (Å²) in [6.45, 7) is -4.79. The Balaban J connectivity index is 0.000001000. The molecule has 0 unspecified atom stereocenters. The van der Waals surface area contributed by atoms with Crippen molar-refractivity contribution in [3.63, 3.8) is 0 Å². The Bertz CT molecular complexity index is 235. The predicted octanol–water partition coefficient (Wildman–Crippen LogP) is -0.431. The van der Waals surface area contributed by atoms with E-state index in [-0.39, 0.29) is 51.4 Å². The predicted molar refractivity (Wildman–Crippen MR) is 40.7 cm³/mol. The van der Waals surface area contributed by atoms with Crippen LogP contribution in [0, 0.1) is 0 Å². The summed E-state index contributed by atoms with van der Waals surface area (Å²) in [5.74, 6) is 0. The van der Waals surface area contributed by atoms with Crippen molar-refractivity contribution in [2.24, 2.45) is 0 Å². The second kappa shape index (κ2) is 4.78. The molecular formula is C4H2BBrF3KS. The van der Waals surface area contributed by atoms with Crippen molar-refractivity contribution in [2.75, 3.05) is 0 Å². The molecule has 0 saturated carbocycles. The summed E-state index contributed by atoms with van der Waals surface area (Å²) < 4.78 is 35.6. The minimum atomic E-state index is -4.79. The Labute approximate surface area is 117 Å². The van der Waals surface area contributed by atoms with Gasteiger partial charge in [0.25, 0.3) is 0 Å². The van der Waals surface area contributed by atoms with Gasteiger partial charge < -0.3 is 12.9 Å². The van der Waals surface area contributed by atoms with Crippen LogP contribution >= 0.6 is 27.3 Å². The van der Waals surface area contributed by atoms with Crippen LogP contribution in [-0.4, -0.2) is 6.98 Å². The molecule has 0 fully saturated rings. The maximum atomic E-state index is 11.9. The molecule has 0 bridgehead atoms. The Kier molecular flexibility index (Phi) is 5.51. The number of hydrogen-bond acceptors (Lipinski definition) is 1. The molecule has 0 atom stereocenters. The van der Waals surface area contributed by atoms with E-state index in [2.05, 4.69) is 15.9 Å². The van der Waals surface area contributed by atoms with Crippen molar-refractivity contribution in [3.05, 3.63) is 15.9 Å². The van der Waals surface area contributed by atoms with Gasteiger partial charge in [0.1, 0.15) is 0 Å². The largest absolute Gasteiger partial charge is 1.00 e. The van der Waals surface area contributed by atoms with E-state index < -0.39 is 11.8 Å². The van der Waals surface area contributed by atoms with Crippen LogP contribution in [-0.2, 0) is 0 Å². The Morgan fingerprint density at radius 1 is 1.27 bits per heavy atom. The SMILES string of the molecule is F[B-](F)(F)c1ccc(Br)s1.[K+]. The van der Waals surface area contributed by atoms with E-state index in [0.717, 1.165) is 6.07 Å². The standard InChI is InChI=1S/C4H2BBrF3S.K/c6-4-2-1-3(10-4)5(7,8)9;/h1-2H;/q-1;+1. The van der Waals surface area contributed by atoms with Gasteiger partial charge in [0.2, 0.25) is 0 Å². The summed E-state index contributed by atoms with van der Waals surface area (Å²) in [4.78, 5) is 0. The molecule has 0 N–H and O–H groups in total. The monoisotopic (exact) mass is 268 g/mol. The average molecular weight is 269 g/mol. The summed E-state index contributed by atoms with van der Waals surface area (Å²) in [6, 6.07) is 2.48. The van der Waals surface area contributed by atoms with Crippen LogP contribution < -0.4 is 56.2 Å². The zero-order valence-corrected chi connectivity index (χ0v) is 11.2. The molecule has 1 aromatic heterocycles. The Hall–Kier alpha value is 1.67. The third-order valence-electron chi connectivity index (χ3n) is 0.917. The van der Waals surface area contributed by atoms with Gasteiger partial charge in [0.15, 0.2) is 0 Å². The molecule has 0 aromatic carbocycles. The minimum absolute atomic E-state index is 0. The van der Waals surface area contributed by atoms with Crippen LogP contribution in [0.25, 0.3) is 0 Å². The molecule has 1 heterocycles. The van der Waals surface area contributed by atoms with E-state index >= 15 is 0 Å². The molecule has 56 valence electrons. The van der Waals surface area contributed by atoms with Crippen LogP contribution in [0.4, 0.5) is 12.9 Å². The van der Waals surface area contributed by atoms with Gasteiger partial charge in [-0.3, -0.25) is 0 Å². The average Bonchev–Trinajstić information content (AvgIpc) is 2.11.